The molecule has 0 bridgehead atoms. The molecule has 1 N–H and O–H groups in total. The summed E-state index contributed by atoms with van der Waals surface area (Å²) in [7, 11) is 0. The molecule has 1 aromatic heterocycles. The number of furan rings is 1. The van der Waals surface area contributed by atoms with Crippen LogP contribution in [0.4, 0.5) is 0 Å². The fourth-order valence-corrected chi connectivity index (χ4v) is 1.63. The minimum Gasteiger partial charge on any atom is -0.475 e. The Balaban J connectivity index is 2.29. The van der Waals surface area contributed by atoms with Crippen LogP contribution in [0.15, 0.2) is 21.6 Å². The largest absolute Gasteiger partial charge is 0.475 e. The number of carboxylic acid groups (broad SMARTS) is 1. The van der Waals surface area contributed by atoms with E-state index >= 15 is 0 Å². The van der Waals surface area contributed by atoms with E-state index in [1.807, 2.05) is 13.8 Å². The predicted octanol–water partition coefficient (Wildman–Crippen LogP) is 2.49. The van der Waals surface area contributed by atoms with Gasteiger partial charge in [0.1, 0.15) is 0 Å². The number of hydrogen-bond acceptors (Lipinski definition) is 4. The number of ether oxygens (including phenoxy) is 1. The first-order valence-electron chi connectivity index (χ1n) is 4.67. The standard InChI is InChI=1S/C10H14O4S/c1-7(2)13-5-6-15-9-4-3-8(14-9)10(11)12/h3-4,7H,5-6H2,1-2H3,(H,11,12). The number of rotatable bonds is 6. The van der Waals surface area contributed by atoms with Crippen LogP contribution in [0.3, 0.4) is 0 Å². The third-order valence-electron chi connectivity index (χ3n) is 1.57. The molecule has 4 nitrogen and oxygen atoms in total. The average molecular weight is 230 g/mol. The number of hydrogen-bond donors (Lipinski definition) is 1. The SMILES string of the molecule is CC(C)OCCSc1ccc(C(=O)O)o1. The average Bonchev–Trinajstić information content (AvgIpc) is 2.60. The number of carbonyl (C=O) groups is 1. The maximum absolute atomic E-state index is 10.5. The number of aromatic carboxylic acids is 1. The second kappa shape index (κ2) is 5.82. The smallest absolute Gasteiger partial charge is 0.371 e. The van der Waals surface area contributed by atoms with Gasteiger partial charge >= 0.3 is 5.97 Å². The molecule has 0 unspecified atom stereocenters. The minimum absolute atomic E-state index is 0.0257. The lowest BCUT2D eigenvalue weighted by Crippen LogP contribution is -2.05. The van der Waals surface area contributed by atoms with E-state index in [-0.39, 0.29) is 11.9 Å². The summed E-state index contributed by atoms with van der Waals surface area (Å²) >= 11 is 1.45. The van der Waals surface area contributed by atoms with E-state index < -0.39 is 5.97 Å². The molecular formula is C10H14O4S. The van der Waals surface area contributed by atoms with Gasteiger partial charge in [-0.2, -0.15) is 0 Å². The monoisotopic (exact) mass is 230 g/mol. The zero-order valence-corrected chi connectivity index (χ0v) is 9.54. The molecule has 0 aliphatic rings. The Bertz CT molecular complexity index is 319. The van der Waals surface area contributed by atoms with Gasteiger partial charge in [0, 0.05) is 5.75 Å². The fraction of sp³-hybridized carbons (Fsp3) is 0.500. The summed E-state index contributed by atoms with van der Waals surface area (Å²) in [4.78, 5) is 10.5. The van der Waals surface area contributed by atoms with Crippen LogP contribution in [0, 0.1) is 0 Å². The molecule has 0 spiro atoms. The summed E-state index contributed by atoms with van der Waals surface area (Å²) < 4.78 is 10.4. The Morgan fingerprint density at radius 2 is 2.33 bits per heavy atom. The van der Waals surface area contributed by atoms with Crippen molar-refractivity contribution in [1.82, 2.24) is 0 Å². The van der Waals surface area contributed by atoms with E-state index in [2.05, 4.69) is 0 Å². The molecule has 0 aliphatic heterocycles. The highest BCUT2D eigenvalue weighted by Crippen LogP contribution is 2.20. The first kappa shape index (κ1) is 12.1. The van der Waals surface area contributed by atoms with E-state index in [4.69, 9.17) is 14.3 Å². The molecule has 1 aromatic rings. The lowest BCUT2D eigenvalue weighted by molar-refractivity contribution is 0.0656. The molecule has 5 heteroatoms. The summed E-state index contributed by atoms with van der Waals surface area (Å²) in [6.07, 6.45) is 0.219. The summed E-state index contributed by atoms with van der Waals surface area (Å²) in [5.41, 5.74) is 0. The van der Waals surface area contributed by atoms with Crippen LogP contribution < -0.4 is 0 Å². The Kier molecular flexibility index (Phi) is 4.71. The number of carboxylic acids is 1. The van der Waals surface area contributed by atoms with Crippen LogP contribution in [0.2, 0.25) is 0 Å². The van der Waals surface area contributed by atoms with Crippen molar-refractivity contribution in [3.8, 4) is 0 Å². The minimum atomic E-state index is -1.04. The summed E-state index contributed by atoms with van der Waals surface area (Å²) in [5, 5.41) is 9.23. The fourth-order valence-electron chi connectivity index (χ4n) is 0.939. The summed E-state index contributed by atoms with van der Waals surface area (Å²) in [5.74, 6) is -0.312. The van der Waals surface area contributed by atoms with E-state index in [1.165, 1.54) is 17.8 Å². The molecule has 1 heterocycles. The van der Waals surface area contributed by atoms with E-state index in [0.29, 0.717) is 11.7 Å². The van der Waals surface area contributed by atoms with Crippen molar-refractivity contribution >= 4 is 17.7 Å². The van der Waals surface area contributed by atoms with Crippen molar-refractivity contribution in [3.05, 3.63) is 17.9 Å². The lowest BCUT2D eigenvalue weighted by Gasteiger charge is -2.05. The van der Waals surface area contributed by atoms with Crippen LogP contribution in [-0.4, -0.2) is 29.5 Å². The molecule has 0 saturated heterocycles. The maximum Gasteiger partial charge on any atom is 0.371 e. The highest BCUT2D eigenvalue weighted by atomic mass is 32.2. The Morgan fingerprint density at radius 3 is 2.87 bits per heavy atom. The van der Waals surface area contributed by atoms with Gasteiger partial charge < -0.3 is 14.3 Å². The molecule has 0 saturated carbocycles. The van der Waals surface area contributed by atoms with Crippen molar-refractivity contribution in [2.75, 3.05) is 12.4 Å². The van der Waals surface area contributed by atoms with E-state index in [0.717, 1.165) is 5.75 Å². The van der Waals surface area contributed by atoms with Gasteiger partial charge in [-0.25, -0.2) is 4.79 Å². The molecule has 15 heavy (non-hydrogen) atoms. The second-order valence-corrected chi connectivity index (χ2v) is 4.29. The first-order chi connectivity index (χ1) is 7.09. The quantitative estimate of drug-likeness (QED) is 0.601. The molecule has 0 atom stereocenters. The van der Waals surface area contributed by atoms with Crippen LogP contribution in [-0.2, 0) is 4.74 Å². The second-order valence-electron chi connectivity index (χ2n) is 3.19. The molecule has 0 amide bonds. The van der Waals surface area contributed by atoms with E-state index in [1.54, 1.807) is 6.07 Å². The maximum atomic E-state index is 10.5. The van der Waals surface area contributed by atoms with Crippen molar-refractivity contribution in [3.63, 3.8) is 0 Å². The molecule has 0 aliphatic carbocycles. The first-order valence-corrected chi connectivity index (χ1v) is 5.65. The molecule has 0 fully saturated rings. The molecule has 0 aromatic carbocycles. The Hall–Kier alpha value is -0.940. The molecule has 1 rings (SSSR count). The normalized spacial score (nSPS) is 10.9. The Morgan fingerprint density at radius 1 is 1.60 bits per heavy atom. The molecule has 0 radical (unpaired) electrons. The topological polar surface area (TPSA) is 59.7 Å². The zero-order chi connectivity index (χ0) is 11.3. The van der Waals surface area contributed by atoms with Gasteiger partial charge in [-0.3, -0.25) is 0 Å². The van der Waals surface area contributed by atoms with E-state index in [9.17, 15) is 4.79 Å². The summed E-state index contributed by atoms with van der Waals surface area (Å²) in [6.45, 7) is 4.58. The van der Waals surface area contributed by atoms with Crippen LogP contribution in [0.1, 0.15) is 24.4 Å². The van der Waals surface area contributed by atoms with Gasteiger partial charge in [0.05, 0.1) is 12.7 Å². The van der Waals surface area contributed by atoms with Gasteiger partial charge in [-0.05, 0) is 26.0 Å². The third kappa shape index (κ3) is 4.40. The van der Waals surface area contributed by atoms with Gasteiger partial charge in [0.15, 0.2) is 5.09 Å². The van der Waals surface area contributed by atoms with Crippen LogP contribution in [0.25, 0.3) is 0 Å². The summed E-state index contributed by atoms with van der Waals surface area (Å²) in [6, 6.07) is 3.11. The highest BCUT2D eigenvalue weighted by Gasteiger charge is 2.08. The molecular weight excluding hydrogens is 216 g/mol. The van der Waals surface area contributed by atoms with Gasteiger partial charge in [-0.1, -0.05) is 11.8 Å². The van der Waals surface area contributed by atoms with Crippen LogP contribution in [0.5, 0.6) is 0 Å². The third-order valence-corrected chi connectivity index (χ3v) is 2.45. The van der Waals surface area contributed by atoms with Gasteiger partial charge in [-0.15, -0.1) is 0 Å². The van der Waals surface area contributed by atoms with Crippen molar-refractivity contribution in [1.29, 1.82) is 0 Å². The van der Waals surface area contributed by atoms with Gasteiger partial charge in [0.25, 0.3) is 0 Å². The van der Waals surface area contributed by atoms with Gasteiger partial charge in [0.2, 0.25) is 5.76 Å². The number of thioether (sulfide) groups is 1. The predicted molar refractivity (Wildman–Crippen MR) is 57.5 cm³/mol. The Labute approximate surface area is 92.6 Å². The van der Waals surface area contributed by atoms with Crippen LogP contribution >= 0.6 is 11.8 Å². The highest BCUT2D eigenvalue weighted by molar-refractivity contribution is 7.99. The molecule has 84 valence electrons. The van der Waals surface area contributed by atoms with Crippen molar-refractivity contribution in [2.24, 2.45) is 0 Å². The van der Waals surface area contributed by atoms with Crippen molar-refractivity contribution < 1.29 is 19.1 Å². The zero-order valence-electron chi connectivity index (χ0n) is 8.73. The van der Waals surface area contributed by atoms with Crippen molar-refractivity contribution in [2.45, 2.75) is 25.0 Å². The lowest BCUT2D eigenvalue weighted by atomic mass is 10.5.